The topological polar surface area (TPSA) is 69.7 Å². The standard InChI is InChI=1S/C16H23N3O3S/c1-23(21,22)17-14-7-5-13(6-8-14)16(20)19-11-10-18-9-3-2-4-15(18)12-19/h5-8,15,17H,2-4,9-12H2,1H3. The van der Waals surface area contributed by atoms with E-state index in [2.05, 4.69) is 9.62 Å². The van der Waals surface area contributed by atoms with Gasteiger partial charge in [-0.3, -0.25) is 14.4 Å². The molecule has 126 valence electrons. The van der Waals surface area contributed by atoms with Gasteiger partial charge in [-0.1, -0.05) is 6.42 Å². The molecule has 0 aromatic heterocycles. The summed E-state index contributed by atoms with van der Waals surface area (Å²) in [6.07, 6.45) is 4.78. The first-order valence-corrected chi connectivity index (χ1v) is 9.93. The van der Waals surface area contributed by atoms with Crippen molar-refractivity contribution in [1.82, 2.24) is 9.80 Å². The van der Waals surface area contributed by atoms with Crippen molar-refractivity contribution in [2.45, 2.75) is 25.3 Å². The number of amides is 1. The number of carbonyl (C=O) groups excluding carboxylic acids is 1. The number of sulfonamides is 1. The first-order valence-electron chi connectivity index (χ1n) is 8.03. The molecule has 23 heavy (non-hydrogen) atoms. The summed E-state index contributed by atoms with van der Waals surface area (Å²) in [6, 6.07) is 7.12. The van der Waals surface area contributed by atoms with E-state index in [1.165, 1.54) is 19.3 Å². The Kier molecular flexibility index (Phi) is 4.59. The monoisotopic (exact) mass is 337 g/mol. The smallest absolute Gasteiger partial charge is 0.253 e. The summed E-state index contributed by atoms with van der Waals surface area (Å²) in [6.45, 7) is 3.66. The first-order chi connectivity index (χ1) is 10.9. The molecule has 1 unspecified atom stereocenters. The van der Waals surface area contributed by atoms with Crippen molar-refractivity contribution in [2.75, 3.05) is 37.2 Å². The van der Waals surface area contributed by atoms with Crippen LogP contribution in [0.15, 0.2) is 24.3 Å². The molecule has 1 atom stereocenters. The van der Waals surface area contributed by atoms with Crippen molar-refractivity contribution >= 4 is 21.6 Å². The molecule has 1 amide bonds. The van der Waals surface area contributed by atoms with E-state index in [-0.39, 0.29) is 5.91 Å². The van der Waals surface area contributed by atoms with E-state index in [1.807, 2.05) is 4.90 Å². The Hall–Kier alpha value is -1.60. The highest BCUT2D eigenvalue weighted by atomic mass is 32.2. The molecule has 1 N–H and O–H groups in total. The van der Waals surface area contributed by atoms with Crippen LogP contribution in [0.5, 0.6) is 0 Å². The number of fused-ring (bicyclic) bond motifs is 1. The van der Waals surface area contributed by atoms with E-state index in [0.29, 0.717) is 17.3 Å². The summed E-state index contributed by atoms with van der Waals surface area (Å²) < 4.78 is 24.8. The van der Waals surface area contributed by atoms with E-state index in [9.17, 15) is 13.2 Å². The van der Waals surface area contributed by atoms with Crippen molar-refractivity contribution in [3.05, 3.63) is 29.8 Å². The number of carbonyl (C=O) groups is 1. The summed E-state index contributed by atoms with van der Waals surface area (Å²) >= 11 is 0. The maximum Gasteiger partial charge on any atom is 0.253 e. The molecule has 0 radical (unpaired) electrons. The van der Waals surface area contributed by atoms with Gasteiger partial charge in [0.25, 0.3) is 5.91 Å². The van der Waals surface area contributed by atoms with Crippen LogP contribution in [0, 0.1) is 0 Å². The van der Waals surface area contributed by atoms with Gasteiger partial charge in [0.05, 0.1) is 6.26 Å². The normalized spacial score (nSPS) is 22.5. The van der Waals surface area contributed by atoms with Gasteiger partial charge in [0.15, 0.2) is 0 Å². The van der Waals surface area contributed by atoms with Gasteiger partial charge in [-0.05, 0) is 43.7 Å². The second-order valence-electron chi connectivity index (χ2n) is 6.39. The van der Waals surface area contributed by atoms with Gasteiger partial charge in [-0.2, -0.15) is 0 Å². The number of hydrogen-bond acceptors (Lipinski definition) is 4. The SMILES string of the molecule is CS(=O)(=O)Nc1ccc(C(=O)N2CCN3CCCCC3C2)cc1. The Balaban J connectivity index is 1.66. The molecule has 0 spiro atoms. The van der Waals surface area contributed by atoms with Crippen LogP contribution in [0.2, 0.25) is 0 Å². The van der Waals surface area contributed by atoms with Crippen molar-refractivity contribution in [2.24, 2.45) is 0 Å². The lowest BCUT2D eigenvalue weighted by molar-refractivity contribution is 0.0372. The Morgan fingerprint density at radius 1 is 1.13 bits per heavy atom. The van der Waals surface area contributed by atoms with E-state index in [0.717, 1.165) is 32.4 Å². The fraction of sp³-hybridized carbons (Fsp3) is 0.562. The zero-order chi connectivity index (χ0) is 16.4. The fourth-order valence-electron chi connectivity index (χ4n) is 3.42. The summed E-state index contributed by atoms with van der Waals surface area (Å²) in [5.74, 6) is 0.0288. The molecule has 0 saturated carbocycles. The number of rotatable bonds is 3. The first kappa shape index (κ1) is 16.3. The third kappa shape index (κ3) is 4.03. The molecule has 2 saturated heterocycles. The summed E-state index contributed by atoms with van der Waals surface area (Å²) in [7, 11) is -3.29. The fourth-order valence-corrected chi connectivity index (χ4v) is 3.98. The molecule has 6 nitrogen and oxygen atoms in total. The Morgan fingerprint density at radius 3 is 2.57 bits per heavy atom. The van der Waals surface area contributed by atoms with Crippen LogP contribution in [0.1, 0.15) is 29.6 Å². The molecule has 7 heteroatoms. The number of benzene rings is 1. The van der Waals surface area contributed by atoms with Crippen LogP contribution in [0.25, 0.3) is 0 Å². The van der Waals surface area contributed by atoms with Crippen LogP contribution in [-0.2, 0) is 10.0 Å². The van der Waals surface area contributed by atoms with Crippen molar-refractivity contribution in [3.8, 4) is 0 Å². The lowest BCUT2D eigenvalue weighted by Gasteiger charge is -2.44. The lowest BCUT2D eigenvalue weighted by atomic mass is 9.99. The minimum atomic E-state index is -3.29. The molecular weight excluding hydrogens is 314 g/mol. The molecule has 0 aliphatic carbocycles. The van der Waals surface area contributed by atoms with E-state index in [1.54, 1.807) is 24.3 Å². The zero-order valence-electron chi connectivity index (χ0n) is 13.4. The highest BCUT2D eigenvalue weighted by Crippen LogP contribution is 2.22. The average Bonchev–Trinajstić information content (AvgIpc) is 2.53. The molecule has 2 fully saturated rings. The molecule has 2 aliphatic heterocycles. The minimum Gasteiger partial charge on any atom is -0.336 e. The summed E-state index contributed by atoms with van der Waals surface area (Å²) in [5.41, 5.74) is 1.08. The van der Waals surface area contributed by atoms with Gasteiger partial charge in [0.2, 0.25) is 10.0 Å². The number of nitrogens with zero attached hydrogens (tertiary/aromatic N) is 2. The predicted octanol–water partition coefficient (Wildman–Crippen LogP) is 1.37. The molecule has 3 rings (SSSR count). The second kappa shape index (κ2) is 6.49. The quantitative estimate of drug-likeness (QED) is 0.904. The second-order valence-corrected chi connectivity index (χ2v) is 8.14. The van der Waals surface area contributed by atoms with Crippen LogP contribution in [0.3, 0.4) is 0 Å². The predicted molar refractivity (Wildman–Crippen MR) is 90.0 cm³/mol. The largest absolute Gasteiger partial charge is 0.336 e. The number of anilines is 1. The van der Waals surface area contributed by atoms with Gasteiger partial charge in [0.1, 0.15) is 0 Å². The van der Waals surface area contributed by atoms with Crippen LogP contribution in [-0.4, -0.2) is 62.6 Å². The molecular formula is C16H23N3O3S. The summed E-state index contributed by atoms with van der Waals surface area (Å²) in [4.78, 5) is 17.1. The van der Waals surface area contributed by atoms with E-state index < -0.39 is 10.0 Å². The molecule has 1 aromatic rings. The number of nitrogens with one attached hydrogen (secondary N) is 1. The maximum absolute atomic E-state index is 12.6. The van der Waals surface area contributed by atoms with Crippen molar-refractivity contribution in [1.29, 1.82) is 0 Å². The van der Waals surface area contributed by atoms with Crippen LogP contribution >= 0.6 is 0 Å². The van der Waals surface area contributed by atoms with Gasteiger partial charge in [-0.15, -0.1) is 0 Å². The van der Waals surface area contributed by atoms with Crippen LogP contribution < -0.4 is 4.72 Å². The minimum absolute atomic E-state index is 0.0288. The van der Waals surface area contributed by atoms with Gasteiger partial charge >= 0.3 is 0 Å². The molecule has 1 aromatic carbocycles. The van der Waals surface area contributed by atoms with Gasteiger partial charge in [-0.25, -0.2) is 8.42 Å². The zero-order valence-corrected chi connectivity index (χ0v) is 14.2. The Morgan fingerprint density at radius 2 is 1.87 bits per heavy atom. The highest BCUT2D eigenvalue weighted by molar-refractivity contribution is 7.92. The Labute approximate surface area is 137 Å². The lowest BCUT2D eigenvalue weighted by Crippen LogP contribution is -2.56. The van der Waals surface area contributed by atoms with Gasteiger partial charge in [0, 0.05) is 36.9 Å². The van der Waals surface area contributed by atoms with E-state index in [4.69, 9.17) is 0 Å². The third-order valence-corrected chi connectivity index (χ3v) is 5.17. The summed E-state index contributed by atoms with van der Waals surface area (Å²) in [5, 5.41) is 0. The van der Waals surface area contributed by atoms with E-state index >= 15 is 0 Å². The van der Waals surface area contributed by atoms with Crippen LogP contribution in [0.4, 0.5) is 5.69 Å². The molecule has 0 bridgehead atoms. The number of hydrogen-bond donors (Lipinski definition) is 1. The van der Waals surface area contributed by atoms with Gasteiger partial charge < -0.3 is 4.90 Å². The number of piperidine rings is 1. The van der Waals surface area contributed by atoms with Crippen molar-refractivity contribution in [3.63, 3.8) is 0 Å². The highest BCUT2D eigenvalue weighted by Gasteiger charge is 2.31. The maximum atomic E-state index is 12.6. The third-order valence-electron chi connectivity index (χ3n) is 4.56. The van der Waals surface area contributed by atoms with Crippen molar-refractivity contribution < 1.29 is 13.2 Å². The molecule has 2 aliphatic rings. The number of piperazine rings is 1. The average molecular weight is 337 g/mol. The Bertz CT molecular complexity index is 672. The molecule has 2 heterocycles.